The summed E-state index contributed by atoms with van der Waals surface area (Å²) in [4.78, 5) is 0.911. The van der Waals surface area contributed by atoms with E-state index in [2.05, 4.69) is 68.8 Å². The lowest BCUT2D eigenvalue weighted by Crippen LogP contribution is -2.28. The minimum Gasteiger partial charge on any atom is -0.237 e. The quantitative estimate of drug-likeness (QED) is 0.828. The molecule has 1 N–H and O–H groups in total. The van der Waals surface area contributed by atoms with E-state index in [1.807, 2.05) is 13.8 Å². The molecule has 0 aliphatic carbocycles. The summed E-state index contributed by atoms with van der Waals surface area (Å²) in [7, 11) is -1.22. The molecule has 0 spiro atoms. The van der Waals surface area contributed by atoms with Crippen LogP contribution in [0.5, 0.6) is 0 Å². The monoisotopic (exact) mass is 329 g/mol. The van der Waals surface area contributed by atoms with Gasteiger partial charge in [-0.25, -0.2) is 8.93 Å². The van der Waals surface area contributed by atoms with E-state index in [-0.39, 0.29) is 6.04 Å². The van der Waals surface area contributed by atoms with Crippen molar-refractivity contribution in [1.82, 2.24) is 4.72 Å². The number of hydrogen-bond donors (Lipinski definition) is 1. The van der Waals surface area contributed by atoms with Gasteiger partial charge >= 0.3 is 0 Å². The van der Waals surface area contributed by atoms with Gasteiger partial charge in [-0.2, -0.15) is 0 Å². The van der Waals surface area contributed by atoms with Crippen LogP contribution < -0.4 is 4.72 Å². The highest BCUT2D eigenvalue weighted by atomic mass is 32.2. The fraction of sp³-hybridized carbons (Fsp3) is 0.400. The number of hydrogen-bond acceptors (Lipinski definition) is 1. The zero-order chi connectivity index (χ0) is 17.1. The molecule has 0 radical (unpaired) electrons. The normalized spacial score (nSPS) is 14.0. The Morgan fingerprint density at radius 3 is 1.87 bits per heavy atom. The lowest BCUT2D eigenvalue weighted by molar-refractivity contribution is 0.478. The van der Waals surface area contributed by atoms with Crippen molar-refractivity contribution in [2.45, 2.75) is 52.5 Å². The number of aryl methyl sites for hydroxylation is 4. The molecule has 2 aromatic carbocycles. The summed E-state index contributed by atoms with van der Waals surface area (Å²) in [6.45, 7) is 12.5. The lowest BCUT2D eigenvalue weighted by Gasteiger charge is -2.23. The van der Waals surface area contributed by atoms with E-state index >= 15 is 0 Å². The maximum absolute atomic E-state index is 13.0. The van der Waals surface area contributed by atoms with E-state index in [1.165, 1.54) is 16.7 Å². The highest BCUT2D eigenvalue weighted by Crippen LogP contribution is 2.26. The molecule has 1 unspecified atom stereocenters. The van der Waals surface area contributed by atoms with Crippen LogP contribution in [-0.4, -0.2) is 4.21 Å². The van der Waals surface area contributed by atoms with Gasteiger partial charge in [0, 0.05) is 6.04 Å². The molecule has 0 aliphatic heterocycles. The molecule has 2 rings (SSSR count). The second kappa shape index (κ2) is 7.41. The first-order valence-electron chi connectivity index (χ1n) is 8.12. The molecule has 0 fully saturated rings. The second-order valence-corrected chi connectivity index (χ2v) is 7.93. The van der Waals surface area contributed by atoms with Gasteiger partial charge in [0.1, 0.15) is 11.0 Å². The summed E-state index contributed by atoms with van der Waals surface area (Å²) < 4.78 is 16.3. The first-order chi connectivity index (χ1) is 10.8. The molecule has 0 aromatic heterocycles. The Morgan fingerprint density at radius 1 is 0.870 bits per heavy atom. The van der Waals surface area contributed by atoms with Crippen LogP contribution in [0.15, 0.2) is 41.3 Å². The Labute approximate surface area is 142 Å². The van der Waals surface area contributed by atoms with Crippen molar-refractivity contribution >= 4 is 11.0 Å². The third-order valence-corrected chi connectivity index (χ3v) is 5.61. The van der Waals surface area contributed by atoms with Gasteiger partial charge < -0.3 is 0 Å². The highest BCUT2D eigenvalue weighted by molar-refractivity contribution is 7.83. The minimum absolute atomic E-state index is 0.0662. The van der Waals surface area contributed by atoms with Gasteiger partial charge in [-0.3, -0.25) is 0 Å². The van der Waals surface area contributed by atoms with Gasteiger partial charge in [-0.05, 0) is 50.3 Å². The van der Waals surface area contributed by atoms with Crippen LogP contribution in [0.25, 0.3) is 0 Å². The van der Waals surface area contributed by atoms with Gasteiger partial charge in [-0.15, -0.1) is 0 Å². The van der Waals surface area contributed by atoms with Gasteiger partial charge in [0.05, 0.1) is 4.90 Å². The third-order valence-electron chi connectivity index (χ3n) is 4.13. The minimum atomic E-state index is -1.22. The summed E-state index contributed by atoms with van der Waals surface area (Å²) in [6.07, 6.45) is 0. The van der Waals surface area contributed by atoms with Crippen LogP contribution in [0, 0.1) is 33.6 Å². The van der Waals surface area contributed by atoms with E-state index in [1.54, 1.807) is 0 Å². The summed E-state index contributed by atoms with van der Waals surface area (Å²) in [5, 5.41) is 0. The van der Waals surface area contributed by atoms with Crippen molar-refractivity contribution in [2.75, 3.05) is 0 Å². The molecule has 23 heavy (non-hydrogen) atoms. The Morgan fingerprint density at radius 2 is 1.39 bits per heavy atom. The third kappa shape index (κ3) is 4.30. The molecule has 124 valence electrons. The van der Waals surface area contributed by atoms with Gasteiger partial charge in [-0.1, -0.05) is 61.4 Å². The number of nitrogens with one attached hydrogen (secondary N) is 1. The Balaban J connectivity index is 2.31. The first-order valence-corrected chi connectivity index (χ1v) is 9.27. The van der Waals surface area contributed by atoms with Crippen molar-refractivity contribution in [3.05, 3.63) is 64.2 Å². The Hall–Kier alpha value is -1.45. The lowest BCUT2D eigenvalue weighted by atomic mass is 9.96. The molecule has 2 atom stereocenters. The Kier molecular flexibility index (Phi) is 5.77. The summed E-state index contributed by atoms with van der Waals surface area (Å²) in [6, 6.07) is 12.7. The van der Waals surface area contributed by atoms with E-state index in [9.17, 15) is 4.21 Å². The average Bonchev–Trinajstić information content (AvgIpc) is 2.44. The van der Waals surface area contributed by atoms with Crippen LogP contribution in [0.2, 0.25) is 0 Å². The standard InChI is InChI=1S/C20H27NOS/c1-13(2)19(18-9-7-14(3)8-10-18)21-23(22)20-16(5)11-15(4)12-17(20)6/h7-13,19,21H,1-6H3/t19-,23?/m1/s1. The summed E-state index contributed by atoms with van der Waals surface area (Å²) in [5.41, 5.74) is 5.79. The molecule has 0 saturated carbocycles. The molecular weight excluding hydrogens is 302 g/mol. The average molecular weight is 330 g/mol. The van der Waals surface area contributed by atoms with E-state index in [4.69, 9.17) is 0 Å². The maximum Gasteiger partial charge on any atom is 0.126 e. The van der Waals surface area contributed by atoms with Crippen LogP contribution >= 0.6 is 0 Å². The number of benzene rings is 2. The van der Waals surface area contributed by atoms with Crippen molar-refractivity contribution in [2.24, 2.45) is 5.92 Å². The summed E-state index contributed by atoms with van der Waals surface area (Å²) >= 11 is 0. The molecule has 0 heterocycles. The van der Waals surface area contributed by atoms with E-state index in [0.717, 1.165) is 16.0 Å². The van der Waals surface area contributed by atoms with Crippen molar-refractivity contribution in [3.63, 3.8) is 0 Å². The van der Waals surface area contributed by atoms with E-state index in [0.29, 0.717) is 5.92 Å². The predicted octanol–water partition coefficient (Wildman–Crippen LogP) is 4.93. The molecule has 0 amide bonds. The first kappa shape index (κ1) is 17.9. The maximum atomic E-state index is 13.0. The van der Waals surface area contributed by atoms with Crippen molar-refractivity contribution < 1.29 is 4.21 Å². The summed E-state index contributed by atoms with van der Waals surface area (Å²) in [5.74, 6) is 0.354. The predicted molar refractivity (Wildman–Crippen MR) is 99.0 cm³/mol. The largest absolute Gasteiger partial charge is 0.237 e. The Bertz CT molecular complexity index is 681. The molecule has 0 aliphatic rings. The number of rotatable bonds is 5. The SMILES string of the molecule is Cc1ccc([C@H](NS(=O)c2c(C)cc(C)cc2C)C(C)C)cc1. The molecular formula is C20H27NOS. The molecule has 3 heteroatoms. The molecule has 0 saturated heterocycles. The van der Waals surface area contributed by atoms with Gasteiger partial charge in [0.25, 0.3) is 0 Å². The van der Waals surface area contributed by atoms with Gasteiger partial charge in [0.15, 0.2) is 0 Å². The molecule has 2 aromatic rings. The topological polar surface area (TPSA) is 29.1 Å². The highest BCUT2D eigenvalue weighted by Gasteiger charge is 2.20. The fourth-order valence-electron chi connectivity index (χ4n) is 3.00. The van der Waals surface area contributed by atoms with Crippen LogP contribution in [0.1, 0.15) is 47.7 Å². The van der Waals surface area contributed by atoms with Gasteiger partial charge in [0.2, 0.25) is 0 Å². The fourth-order valence-corrected chi connectivity index (χ4v) is 4.46. The molecule has 2 nitrogen and oxygen atoms in total. The zero-order valence-corrected chi connectivity index (χ0v) is 15.8. The van der Waals surface area contributed by atoms with Crippen LogP contribution in [0.3, 0.4) is 0 Å². The zero-order valence-electron chi connectivity index (χ0n) is 14.9. The van der Waals surface area contributed by atoms with Crippen LogP contribution in [0.4, 0.5) is 0 Å². The van der Waals surface area contributed by atoms with Crippen molar-refractivity contribution in [1.29, 1.82) is 0 Å². The second-order valence-electron chi connectivity index (χ2n) is 6.75. The van der Waals surface area contributed by atoms with Crippen LogP contribution in [-0.2, 0) is 11.0 Å². The smallest absolute Gasteiger partial charge is 0.126 e. The molecule has 0 bridgehead atoms. The van der Waals surface area contributed by atoms with E-state index < -0.39 is 11.0 Å². The van der Waals surface area contributed by atoms with Crippen molar-refractivity contribution in [3.8, 4) is 0 Å².